The molecule has 0 aliphatic heterocycles. The number of thioether (sulfide) groups is 1. The highest BCUT2D eigenvalue weighted by Crippen LogP contribution is 2.39. The molecule has 0 saturated heterocycles. The van der Waals surface area contributed by atoms with Crippen LogP contribution in [0.1, 0.15) is 62.4 Å². The minimum atomic E-state index is 0.645. The third kappa shape index (κ3) is 3.16. The van der Waals surface area contributed by atoms with Crippen molar-refractivity contribution in [2.24, 2.45) is 0 Å². The quantitative estimate of drug-likeness (QED) is 0.903. The van der Waals surface area contributed by atoms with Gasteiger partial charge in [0.15, 0.2) is 0 Å². The fourth-order valence-electron chi connectivity index (χ4n) is 2.62. The standard InChI is InChI=1S/C14H21N3S/c15-13-8-12(10-6-7-10)16-14(17-13)9-18-11-4-2-1-3-5-11/h8,10-11H,1-7,9H2,(H2,15,16,17). The molecule has 3 rings (SSSR count). The van der Waals surface area contributed by atoms with Crippen molar-refractivity contribution in [3.63, 3.8) is 0 Å². The maximum atomic E-state index is 5.87. The number of rotatable bonds is 4. The summed E-state index contributed by atoms with van der Waals surface area (Å²) in [4.78, 5) is 9.04. The van der Waals surface area contributed by atoms with Crippen LogP contribution in [-0.2, 0) is 5.75 Å². The van der Waals surface area contributed by atoms with Crippen LogP contribution in [0.4, 0.5) is 5.82 Å². The van der Waals surface area contributed by atoms with Crippen molar-refractivity contribution in [3.8, 4) is 0 Å². The van der Waals surface area contributed by atoms with Crippen LogP contribution in [-0.4, -0.2) is 15.2 Å². The summed E-state index contributed by atoms with van der Waals surface area (Å²) < 4.78 is 0. The van der Waals surface area contributed by atoms with Crippen molar-refractivity contribution < 1.29 is 0 Å². The predicted octanol–water partition coefficient (Wildman–Crippen LogP) is 3.50. The first-order valence-corrected chi connectivity index (χ1v) is 8.11. The van der Waals surface area contributed by atoms with Crippen molar-refractivity contribution in [1.82, 2.24) is 9.97 Å². The maximum absolute atomic E-state index is 5.87. The Kier molecular flexibility index (Phi) is 3.73. The zero-order chi connectivity index (χ0) is 12.4. The van der Waals surface area contributed by atoms with E-state index >= 15 is 0 Å². The van der Waals surface area contributed by atoms with Crippen LogP contribution in [0.2, 0.25) is 0 Å². The summed E-state index contributed by atoms with van der Waals surface area (Å²) in [5.74, 6) is 3.17. The second kappa shape index (κ2) is 5.47. The summed E-state index contributed by atoms with van der Waals surface area (Å²) in [6.07, 6.45) is 9.46. The molecule has 0 spiro atoms. The van der Waals surface area contributed by atoms with Gasteiger partial charge < -0.3 is 5.73 Å². The van der Waals surface area contributed by atoms with Gasteiger partial charge >= 0.3 is 0 Å². The molecule has 0 atom stereocenters. The smallest absolute Gasteiger partial charge is 0.140 e. The minimum Gasteiger partial charge on any atom is -0.384 e. The highest BCUT2D eigenvalue weighted by atomic mass is 32.2. The molecular weight excluding hydrogens is 242 g/mol. The number of anilines is 1. The Morgan fingerprint density at radius 1 is 1.11 bits per heavy atom. The summed E-state index contributed by atoms with van der Waals surface area (Å²) in [6, 6.07) is 1.95. The van der Waals surface area contributed by atoms with E-state index in [2.05, 4.69) is 9.97 Å². The molecule has 98 valence electrons. The lowest BCUT2D eigenvalue weighted by Crippen LogP contribution is -2.09. The van der Waals surface area contributed by atoms with Crippen LogP contribution in [0.3, 0.4) is 0 Å². The van der Waals surface area contributed by atoms with Gasteiger partial charge in [0.25, 0.3) is 0 Å². The van der Waals surface area contributed by atoms with Crippen LogP contribution >= 0.6 is 11.8 Å². The number of aromatic nitrogens is 2. The SMILES string of the molecule is Nc1cc(C2CC2)nc(CSC2CCCCC2)n1. The van der Waals surface area contributed by atoms with Crippen molar-refractivity contribution in [1.29, 1.82) is 0 Å². The molecule has 1 heterocycles. The first-order chi connectivity index (χ1) is 8.81. The minimum absolute atomic E-state index is 0.645. The van der Waals surface area contributed by atoms with Gasteiger partial charge in [-0.25, -0.2) is 9.97 Å². The lowest BCUT2D eigenvalue weighted by atomic mass is 10.0. The van der Waals surface area contributed by atoms with Crippen LogP contribution in [0, 0.1) is 0 Å². The van der Waals surface area contributed by atoms with Crippen LogP contribution < -0.4 is 5.73 Å². The van der Waals surface area contributed by atoms with Crippen LogP contribution in [0.15, 0.2) is 6.07 Å². The van der Waals surface area contributed by atoms with Crippen molar-refractivity contribution in [2.75, 3.05) is 5.73 Å². The highest BCUT2D eigenvalue weighted by molar-refractivity contribution is 7.99. The van der Waals surface area contributed by atoms with Gasteiger partial charge in [0, 0.05) is 22.9 Å². The number of hydrogen-bond donors (Lipinski definition) is 1. The molecule has 1 aromatic heterocycles. The van der Waals surface area contributed by atoms with Gasteiger partial charge in [-0.1, -0.05) is 19.3 Å². The summed E-state index contributed by atoms with van der Waals surface area (Å²) in [5, 5.41) is 0.813. The number of nitrogens with two attached hydrogens (primary N) is 1. The van der Waals surface area contributed by atoms with E-state index in [9.17, 15) is 0 Å². The summed E-state index contributed by atoms with van der Waals surface area (Å²) in [5.41, 5.74) is 7.04. The molecule has 0 bridgehead atoms. The van der Waals surface area contributed by atoms with Crippen molar-refractivity contribution in [3.05, 3.63) is 17.6 Å². The van der Waals surface area contributed by atoms with E-state index in [1.807, 2.05) is 17.8 Å². The van der Waals surface area contributed by atoms with Crippen molar-refractivity contribution >= 4 is 17.6 Å². The monoisotopic (exact) mass is 263 g/mol. The molecule has 0 radical (unpaired) electrons. The Hall–Kier alpha value is -0.770. The van der Waals surface area contributed by atoms with E-state index in [0.717, 1.165) is 16.8 Å². The molecule has 0 unspecified atom stereocenters. The molecule has 4 heteroatoms. The largest absolute Gasteiger partial charge is 0.384 e. The molecule has 0 amide bonds. The number of nitrogens with zero attached hydrogens (tertiary/aromatic N) is 2. The van der Waals surface area contributed by atoms with E-state index in [1.165, 1.54) is 50.6 Å². The Bertz CT molecular complexity index is 412. The van der Waals surface area contributed by atoms with E-state index in [-0.39, 0.29) is 0 Å². The molecule has 18 heavy (non-hydrogen) atoms. The summed E-state index contributed by atoms with van der Waals surface area (Å²) >= 11 is 2.02. The van der Waals surface area contributed by atoms with Gasteiger partial charge in [-0.15, -0.1) is 0 Å². The van der Waals surface area contributed by atoms with E-state index in [0.29, 0.717) is 11.7 Å². The second-order valence-corrected chi connectivity index (χ2v) is 6.77. The lowest BCUT2D eigenvalue weighted by Gasteiger charge is -2.20. The molecule has 3 nitrogen and oxygen atoms in total. The predicted molar refractivity (Wildman–Crippen MR) is 76.6 cm³/mol. The molecule has 2 saturated carbocycles. The van der Waals surface area contributed by atoms with Crippen molar-refractivity contribution in [2.45, 2.75) is 61.9 Å². The molecule has 1 aromatic rings. The van der Waals surface area contributed by atoms with Crippen LogP contribution in [0.25, 0.3) is 0 Å². The lowest BCUT2D eigenvalue weighted by molar-refractivity contribution is 0.516. The molecule has 2 aliphatic carbocycles. The fraction of sp³-hybridized carbons (Fsp3) is 0.714. The first kappa shape index (κ1) is 12.3. The van der Waals surface area contributed by atoms with Gasteiger partial charge in [-0.05, 0) is 25.7 Å². The van der Waals surface area contributed by atoms with Crippen LogP contribution in [0.5, 0.6) is 0 Å². The number of hydrogen-bond acceptors (Lipinski definition) is 4. The van der Waals surface area contributed by atoms with Gasteiger partial charge in [-0.3, -0.25) is 0 Å². The Balaban J connectivity index is 1.60. The zero-order valence-corrected chi connectivity index (χ0v) is 11.6. The molecular formula is C14H21N3S. The Labute approximate surface area is 113 Å². The molecule has 2 N–H and O–H groups in total. The maximum Gasteiger partial charge on any atom is 0.140 e. The summed E-state index contributed by atoms with van der Waals surface area (Å²) in [6.45, 7) is 0. The summed E-state index contributed by atoms with van der Waals surface area (Å²) in [7, 11) is 0. The molecule has 2 aliphatic rings. The van der Waals surface area contributed by atoms with E-state index < -0.39 is 0 Å². The van der Waals surface area contributed by atoms with E-state index in [4.69, 9.17) is 5.73 Å². The van der Waals surface area contributed by atoms with Gasteiger partial charge in [0.1, 0.15) is 11.6 Å². The normalized spacial score (nSPS) is 21.1. The second-order valence-electron chi connectivity index (χ2n) is 5.48. The first-order valence-electron chi connectivity index (χ1n) is 7.06. The Morgan fingerprint density at radius 2 is 1.89 bits per heavy atom. The van der Waals surface area contributed by atoms with E-state index in [1.54, 1.807) is 0 Å². The average molecular weight is 263 g/mol. The average Bonchev–Trinajstić information content (AvgIpc) is 3.21. The number of nitrogen functional groups attached to an aromatic ring is 1. The zero-order valence-electron chi connectivity index (χ0n) is 10.8. The van der Waals surface area contributed by atoms with Gasteiger partial charge in [-0.2, -0.15) is 11.8 Å². The Morgan fingerprint density at radius 3 is 2.61 bits per heavy atom. The fourth-order valence-corrected chi connectivity index (χ4v) is 3.80. The third-order valence-corrected chi connectivity index (χ3v) is 5.18. The molecule has 0 aromatic carbocycles. The van der Waals surface area contributed by atoms with Gasteiger partial charge in [0.05, 0.1) is 5.75 Å². The molecule has 2 fully saturated rings. The van der Waals surface area contributed by atoms with Gasteiger partial charge in [0.2, 0.25) is 0 Å². The third-order valence-electron chi connectivity index (χ3n) is 3.81. The highest BCUT2D eigenvalue weighted by Gasteiger charge is 2.26. The topological polar surface area (TPSA) is 51.8 Å².